The second-order valence-corrected chi connectivity index (χ2v) is 7.25. The van der Waals surface area contributed by atoms with Crippen LogP contribution in [-0.2, 0) is 19.1 Å². The van der Waals surface area contributed by atoms with Gasteiger partial charge < -0.3 is 24.8 Å². The number of carbonyl (C=O) groups is 2. The molecular formula is C20H24O7. The minimum absolute atomic E-state index is 0.0731. The first-order valence-electron chi connectivity index (χ1n) is 8.85. The van der Waals surface area contributed by atoms with Crippen LogP contribution in [0, 0.1) is 17.8 Å². The quantitative estimate of drug-likeness (QED) is 0.370. The molecule has 1 aliphatic heterocycles. The van der Waals surface area contributed by atoms with Crippen LogP contribution >= 0.6 is 0 Å². The molecule has 3 aliphatic rings. The number of esters is 2. The minimum atomic E-state index is -0.782. The Balaban J connectivity index is 1.95. The SMILES string of the molecule is C=C1C[C@@H](OC(=O)/C(=C/CO)CO)[C@H]2C(=C)C(=O)O[C@H]2[C@H]2C(C)=C[C@@H](O)[C@@H]12. The summed E-state index contributed by atoms with van der Waals surface area (Å²) in [7, 11) is 0. The van der Waals surface area contributed by atoms with Crippen molar-refractivity contribution in [3.05, 3.63) is 47.6 Å². The van der Waals surface area contributed by atoms with Crippen molar-refractivity contribution < 1.29 is 34.4 Å². The number of hydrogen-bond donors (Lipinski definition) is 3. The van der Waals surface area contributed by atoms with E-state index in [1.165, 1.54) is 6.08 Å². The van der Waals surface area contributed by atoms with E-state index in [2.05, 4.69) is 13.2 Å². The lowest BCUT2D eigenvalue weighted by molar-refractivity contribution is -0.148. The van der Waals surface area contributed by atoms with Crippen molar-refractivity contribution in [1.82, 2.24) is 0 Å². The predicted molar refractivity (Wildman–Crippen MR) is 95.1 cm³/mol. The molecule has 0 aromatic heterocycles. The molecule has 2 fully saturated rings. The van der Waals surface area contributed by atoms with Crippen molar-refractivity contribution in [3.63, 3.8) is 0 Å². The summed E-state index contributed by atoms with van der Waals surface area (Å²) in [5, 5.41) is 28.7. The van der Waals surface area contributed by atoms with Crippen LogP contribution in [0.4, 0.5) is 0 Å². The van der Waals surface area contributed by atoms with Crippen LogP contribution in [-0.4, -0.2) is 58.8 Å². The first kappa shape index (κ1) is 19.5. The molecule has 7 heteroatoms. The van der Waals surface area contributed by atoms with Crippen molar-refractivity contribution in [2.24, 2.45) is 17.8 Å². The zero-order valence-corrected chi connectivity index (χ0v) is 15.1. The zero-order valence-electron chi connectivity index (χ0n) is 15.1. The molecule has 3 N–H and O–H groups in total. The normalized spacial score (nSPS) is 35.9. The summed E-state index contributed by atoms with van der Waals surface area (Å²) in [6, 6.07) is 0. The van der Waals surface area contributed by atoms with Crippen LogP contribution in [0.15, 0.2) is 47.6 Å². The fourth-order valence-electron chi connectivity index (χ4n) is 4.45. The summed E-state index contributed by atoms with van der Waals surface area (Å²) in [6.45, 7) is 8.77. The van der Waals surface area contributed by atoms with E-state index in [-0.39, 0.29) is 29.4 Å². The molecule has 0 aromatic rings. The van der Waals surface area contributed by atoms with Crippen molar-refractivity contribution in [3.8, 4) is 0 Å². The number of hydrogen-bond acceptors (Lipinski definition) is 7. The summed E-state index contributed by atoms with van der Waals surface area (Å²) in [4.78, 5) is 24.6. The van der Waals surface area contributed by atoms with Crippen LogP contribution in [0.2, 0.25) is 0 Å². The summed E-state index contributed by atoms with van der Waals surface area (Å²) >= 11 is 0. The highest BCUT2D eigenvalue weighted by molar-refractivity contribution is 5.92. The van der Waals surface area contributed by atoms with Gasteiger partial charge in [0.05, 0.1) is 30.8 Å². The van der Waals surface area contributed by atoms with Crippen molar-refractivity contribution in [2.75, 3.05) is 13.2 Å². The van der Waals surface area contributed by atoms with Gasteiger partial charge in [0.2, 0.25) is 0 Å². The van der Waals surface area contributed by atoms with E-state index < -0.39 is 49.4 Å². The molecule has 7 nitrogen and oxygen atoms in total. The average molecular weight is 376 g/mol. The van der Waals surface area contributed by atoms with Gasteiger partial charge in [-0.05, 0) is 13.0 Å². The minimum Gasteiger partial charge on any atom is -0.458 e. The Bertz CT molecular complexity index is 747. The van der Waals surface area contributed by atoms with Crippen LogP contribution < -0.4 is 0 Å². The number of carbonyl (C=O) groups excluding carboxylic acids is 2. The first-order chi connectivity index (χ1) is 12.8. The third kappa shape index (κ3) is 3.26. The zero-order chi connectivity index (χ0) is 19.9. The Morgan fingerprint density at radius 3 is 2.67 bits per heavy atom. The highest BCUT2D eigenvalue weighted by atomic mass is 16.6. The second-order valence-electron chi connectivity index (χ2n) is 7.25. The van der Waals surface area contributed by atoms with Crippen molar-refractivity contribution in [2.45, 2.75) is 31.7 Å². The van der Waals surface area contributed by atoms with E-state index in [0.29, 0.717) is 5.57 Å². The van der Waals surface area contributed by atoms with Crippen LogP contribution in [0.25, 0.3) is 0 Å². The Morgan fingerprint density at radius 1 is 1.33 bits per heavy atom. The summed E-state index contributed by atoms with van der Waals surface area (Å²) in [5.74, 6) is -2.48. The molecule has 2 aliphatic carbocycles. The molecular weight excluding hydrogens is 352 g/mol. The highest BCUT2D eigenvalue weighted by Crippen LogP contribution is 2.51. The first-order valence-corrected chi connectivity index (χ1v) is 8.85. The van der Waals surface area contributed by atoms with E-state index in [9.17, 15) is 19.8 Å². The number of aliphatic hydroxyl groups excluding tert-OH is 3. The Morgan fingerprint density at radius 2 is 2.04 bits per heavy atom. The molecule has 0 aromatic carbocycles. The van der Waals surface area contributed by atoms with Gasteiger partial charge in [0.15, 0.2) is 0 Å². The van der Waals surface area contributed by atoms with Gasteiger partial charge in [-0.15, -0.1) is 0 Å². The van der Waals surface area contributed by atoms with Crippen LogP contribution in [0.1, 0.15) is 13.3 Å². The van der Waals surface area contributed by atoms with Gasteiger partial charge in [-0.3, -0.25) is 0 Å². The maximum Gasteiger partial charge on any atom is 0.336 e. The third-order valence-electron chi connectivity index (χ3n) is 5.69. The second kappa shape index (κ2) is 7.42. The van der Waals surface area contributed by atoms with Crippen molar-refractivity contribution >= 4 is 11.9 Å². The number of ether oxygens (including phenoxy) is 2. The molecule has 0 unspecified atom stereocenters. The van der Waals surface area contributed by atoms with Crippen LogP contribution in [0.5, 0.6) is 0 Å². The van der Waals surface area contributed by atoms with Gasteiger partial charge >= 0.3 is 11.9 Å². The van der Waals surface area contributed by atoms with Gasteiger partial charge in [0.1, 0.15) is 12.2 Å². The molecule has 0 amide bonds. The van der Waals surface area contributed by atoms with Gasteiger partial charge in [-0.1, -0.05) is 30.4 Å². The lowest BCUT2D eigenvalue weighted by Crippen LogP contribution is -2.37. The standard InChI is InChI=1S/C20H24O7/c1-9-6-13(23)15-10(2)7-14(26-20(25)12(8-22)4-5-21)17-11(3)19(24)27-18(17)16(9)15/h4,6,13-18,21-23H,2-3,5,7-8H2,1H3/b12-4+/t13-,14-,15-,16+,17-,18+/m1/s1. The molecule has 0 spiro atoms. The fraction of sp³-hybridized carbons (Fsp3) is 0.500. The topological polar surface area (TPSA) is 113 Å². The maximum absolute atomic E-state index is 12.4. The lowest BCUT2D eigenvalue weighted by Gasteiger charge is -2.29. The van der Waals surface area contributed by atoms with E-state index in [0.717, 1.165) is 5.57 Å². The Hall–Kier alpha value is -2.22. The van der Waals surface area contributed by atoms with E-state index in [1.807, 2.05) is 6.92 Å². The summed E-state index contributed by atoms with van der Waals surface area (Å²) in [6.07, 6.45) is 1.02. The molecule has 6 atom stereocenters. The van der Waals surface area contributed by atoms with Gasteiger partial charge in [0.25, 0.3) is 0 Å². The maximum atomic E-state index is 12.4. The number of aliphatic hydroxyl groups is 3. The van der Waals surface area contributed by atoms with Gasteiger partial charge in [0, 0.05) is 23.8 Å². The summed E-state index contributed by atoms with van der Waals surface area (Å²) < 4.78 is 11.1. The summed E-state index contributed by atoms with van der Waals surface area (Å²) in [5.41, 5.74) is 1.75. The molecule has 3 rings (SSSR count). The molecule has 1 saturated heterocycles. The Labute approximate surface area is 157 Å². The van der Waals surface area contributed by atoms with E-state index >= 15 is 0 Å². The Kier molecular flexibility index (Phi) is 5.37. The smallest absolute Gasteiger partial charge is 0.336 e. The molecule has 1 heterocycles. The third-order valence-corrected chi connectivity index (χ3v) is 5.69. The molecule has 0 radical (unpaired) electrons. The number of fused-ring (bicyclic) bond motifs is 3. The molecule has 27 heavy (non-hydrogen) atoms. The molecule has 1 saturated carbocycles. The lowest BCUT2D eigenvalue weighted by atomic mass is 9.79. The van der Waals surface area contributed by atoms with Gasteiger partial charge in [-0.25, -0.2) is 9.59 Å². The largest absolute Gasteiger partial charge is 0.458 e. The van der Waals surface area contributed by atoms with E-state index in [4.69, 9.17) is 14.6 Å². The average Bonchev–Trinajstić information content (AvgIpc) is 3.02. The molecule has 0 bridgehead atoms. The highest BCUT2D eigenvalue weighted by Gasteiger charge is 2.56. The molecule has 146 valence electrons. The van der Waals surface area contributed by atoms with Gasteiger partial charge in [-0.2, -0.15) is 0 Å². The van der Waals surface area contributed by atoms with Crippen molar-refractivity contribution in [1.29, 1.82) is 0 Å². The predicted octanol–water partition coefficient (Wildman–Crippen LogP) is 0.420. The number of rotatable bonds is 4. The van der Waals surface area contributed by atoms with Crippen LogP contribution in [0.3, 0.4) is 0 Å². The van der Waals surface area contributed by atoms with E-state index in [1.54, 1.807) is 6.08 Å². The fourth-order valence-corrected chi connectivity index (χ4v) is 4.45. The monoisotopic (exact) mass is 376 g/mol.